The molecule has 0 atom stereocenters. The van der Waals surface area contributed by atoms with Gasteiger partial charge in [-0.2, -0.15) is 0 Å². The molecule has 6 nitrogen and oxygen atoms in total. The standard InChI is InChI=1S/C16H12N2O4S2/c19-12-6-5-9(7-10(12)15(21)22)17-14(20)8-23-16-18-11-3-1-2-4-13(11)24-16/h1-7,19H,8H2,(H,17,20)(H,21,22). The predicted octanol–water partition coefficient (Wildman–Crippen LogP) is 3.43. The number of fused-ring (bicyclic) bond motifs is 1. The first-order chi connectivity index (χ1) is 11.5. The lowest BCUT2D eigenvalue weighted by atomic mass is 10.2. The molecule has 8 heteroatoms. The van der Waals surface area contributed by atoms with Crippen molar-refractivity contribution in [2.24, 2.45) is 0 Å². The molecule has 1 heterocycles. The third-order valence-electron chi connectivity index (χ3n) is 3.11. The summed E-state index contributed by atoms with van der Waals surface area (Å²) in [6.07, 6.45) is 0. The fraction of sp³-hybridized carbons (Fsp3) is 0.0625. The number of aromatic hydroxyl groups is 1. The van der Waals surface area contributed by atoms with E-state index in [2.05, 4.69) is 10.3 Å². The molecule has 1 aromatic heterocycles. The van der Waals surface area contributed by atoms with Crippen LogP contribution in [0.25, 0.3) is 10.2 Å². The van der Waals surface area contributed by atoms with Crippen molar-refractivity contribution in [2.75, 3.05) is 11.1 Å². The molecule has 3 N–H and O–H groups in total. The molecule has 0 aliphatic rings. The van der Waals surface area contributed by atoms with E-state index in [0.717, 1.165) is 14.6 Å². The van der Waals surface area contributed by atoms with Crippen LogP contribution in [-0.4, -0.2) is 32.8 Å². The van der Waals surface area contributed by atoms with Crippen LogP contribution in [0.5, 0.6) is 5.75 Å². The van der Waals surface area contributed by atoms with Gasteiger partial charge in [0, 0.05) is 5.69 Å². The van der Waals surface area contributed by atoms with Crippen LogP contribution in [0.1, 0.15) is 10.4 Å². The van der Waals surface area contributed by atoms with Crippen LogP contribution < -0.4 is 5.32 Å². The van der Waals surface area contributed by atoms with Gasteiger partial charge in [-0.1, -0.05) is 23.9 Å². The molecule has 2 aromatic carbocycles. The number of carboxylic acid groups (broad SMARTS) is 1. The number of carboxylic acids is 1. The number of amides is 1. The largest absolute Gasteiger partial charge is 0.507 e. The molecule has 0 aliphatic carbocycles. The Labute approximate surface area is 145 Å². The minimum Gasteiger partial charge on any atom is -0.507 e. The fourth-order valence-electron chi connectivity index (χ4n) is 2.02. The SMILES string of the molecule is O=C(CSc1nc2ccccc2s1)Nc1ccc(O)c(C(=O)O)c1. The van der Waals surface area contributed by atoms with Gasteiger partial charge in [-0.05, 0) is 30.3 Å². The first kappa shape index (κ1) is 16.3. The first-order valence-corrected chi connectivity index (χ1v) is 8.67. The topological polar surface area (TPSA) is 99.5 Å². The molecule has 0 saturated heterocycles. The van der Waals surface area contributed by atoms with Gasteiger partial charge in [-0.3, -0.25) is 4.79 Å². The third kappa shape index (κ3) is 3.66. The van der Waals surface area contributed by atoms with Crippen LogP contribution in [0.4, 0.5) is 5.69 Å². The Morgan fingerprint density at radius 1 is 1.21 bits per heavy atom. The quantitative estimate of drug-likeness (QED) is 0.476. The summed E-state index contributed by atoms with van der Waals surface area (Å²) in [6.45, 7) is 0. The van der Waals surface area contributed by atoms with E-state index in [4.69, 9.17) is 5.11 Å². The summed E-state index contributed by atoms with van der Waals surface area (Å²) in [6, 6.07) is 11.6. The molecule has 3 aromatic rings. The number of nitrogens with zero attached hydrogens (tertiary/aromatic N) is 1. The maximum absolute atomic E-state index is 12.0. The van der Waals surface area contributed by atoms with Gasteiger partial charge in [0.2, 0.25) is 5.91 Å². The molecule has 0 aliphatic heterocycles. The maximum atomic E-state index is 12.0. The van der Waals surface area contributed by atoms with Crippen LogP contribution in [0.3, 0.4) is 0 Å². The zero-order valence-electron chi connectivity index (χ0n) is 12.2. The van der Waals surface area contributed by atoms with Gasteiger partial charge in [0.05, 0.1) is 16.0 Å². The Bertz CT molecular complexity index is 890. The van der Waals surface area contributed by atoms with Gasteiger partial charge >= 0.3 is 5.97 Å². The van der Waals surface area contributed by atoms with Crippen LogP contribution >= 0.6 is 23.1 Å². The average Bonchev–Trinajstić information content (AvgIpc) is 2.97. The second-order valence-corrected chi connectivity index (χ2v) is 7.07. The number of carbonyl (C=O) groups excluding carboxylic acids is 1. The highest BCUT2D eigenvalue weighted by molar-refractivity contribution is 8.01. The van der Waals surface area contributed by atoms with Gasteiger partial charge < -0.3 is 15.5 Å². The van der Waals surface area contributed by atoms with Gasteiger partial charge in [-0.15, -0.1) is 11.3 Å². The lowest BCUT2D eigenvalue weighted by molar-refractivity contribution is -0.113. The maximum Gasteiger partial charge on any atom is 0.339 e. The number of phenols is 1. The molecule has 0 fully saturated rings. The minimum atomic E-state index is -1.26. The summed E-state index contributed by atoms with van der Waals surface area (Å²) in [4.78, 5) is 27.4. The van der Waals surface area contributed by atoms with Crippen molar-refractivity contribution in [3.8, 4) is 5.75 Å². The van der Waals surface area contributed by atoms with Gasteiger partial charge in [0.1, 0.15) is 11.3 Å². The van der Waals surface area contributed by atoms with Crippen LogP contribution in [0.2, 0.25) is 0 Å². The van der Waals surface area contributed by atoms with Crippen molar-refractivity contribution < 1.29 is 19.8 Å². The smallest absolute Gasteiger partial charge is 0.339 e. The van der Waals surface area contributed by atoms with E-state index in [1.165, 1.54) is 41.3 Å². The molecule has 24 heavy (non-hydrogen) atoms. The molecule has 0 saturated carbocycles. The minimum absolute atomic E-state index is 0.156. The summed E-state index contributed by atoms with van der Waals surface area (Å²) in [7, 11) is 0. The van der Waals surface area contributed by atoms with Gasteiger partial charge in [0.15, 0.2) is 4.34 Å². The van der Waals surface area contributed by atoms with Gasteiger partial charge in [0.25, 0.3) is 0 Å². The Hall–Kier alpha value is -2.58. The second kappa shape index (κ2) is 6.90. The number of thiazole rings is 1. The predicted molar refractivity (Wildman–Crippen MR) is 94.0 cm³/mol. The van der Waals surface area contributed by atoms with Gasteiger partial charge in [-0.25, -0.2) is 9.78 Å². The number of nitrogens with one attached hydrogen (secondary N) is 1. The number of aromatic nitrogens is 1. The molecule has 0 radical (unpaired) electrons. The summed E-state index contributed by atoms with van der Waals surface area (Å²) in [5.74, 6) is -1.72. The lowest BCUT2D eigenvalue weighted by Crippen LogP contribution is -2.14. The second-order valence-electron chi connectivity index (χ2n) is 4.82. The van der Waals surface area contributed by atoms with E-state index in [-0.39, 0.29) is 23.0 Å². The molecule has 122 valence electrons. The number of thioether (sulfide) groups is 1. The third-order valence-corrected chi connectivity index (χ3v) is 5.29. The number of rotatable bonds is 5. The highest BCUT2D eigenvalue weighted by Gasteiger charge is 2.12. The van der Waals surface area contributed by atoms with Crippen molar-refractivity contribution >= 4 is 50.9 Å². The Balaban J connectivity index is 1.63. The molecule has 1 amide bonds. The zero-order valence-corrected chi connectivity index (χ0v) is 13.9. The molecule has 0 bridgehead atoms. The number of anilines is 1. The Kier molecular flexibility index (Phi) is 4.68. The summed E-state index contributed by atoms with van der Waals surface area (Å²) in [5.41, 5.74) is 0.960. The number of aromatic carboxylic acids is 1. The van der Waals surface area contributed by atoms with Crippen LogP contribution in [0.15, 0.2) is 46.8 Å². The number of hydrogen-bond donors (Lipinski definition) is 3. The van der Waals surface area contributed by atoms with E-state index in [1.807, 2.05) is 24.3 Å². The van der Waals surface area contributed by atoms with Crippen molar-refractivity contribution in [1.82, 2.24) is 4.98 Å². The van der Waals surface area contributed by atoms with E-state index >= 15 is 0 Å². The summed E-state index contributed by atoms with van der Waals surface area (Å²) >= 11 is 2.83. The molecule has 0 unspecified atom stereocenters. The Morgan fingerprint density at radius 2 is 2.00 bits per heavy atom. The Morgan fingerprint density at radius 3 is 2.75 bits per heavy atom. The highest BCUT2D eigenvalue weighted by atomic mass is 32.2. The van der Waals surface area contributed by atoms with E-state index < -0.39 is 5.97 Å². The number of hydrogen-bond acceptors (Lipinski definition) is 6. The lowest BCUT2D eigenvalue weighted by Gasteiger charge is -2.06. The summed E-state index contributed by atoms with van der Waals surface area (Å²) in [5, 5.41) is 21.0. The fourth-order valence-corrected chi connectivity index (χ4v) is 3.89. The van der Waals surface area contributed by atoms with Crippen LogP contribution in [0, 0.1) is 0 Å². The van der Waals surface area contributed by atoms with Crippen molar-refractivity contribution in [3.63, 3.8) is 0 Å². The van der Waals surface area contributed by atoms with Crippen molar-refractivity contribution in [2.45, 2.75) is 4.34 Å². The molecule has 3 rings (SSSR count). The molecular weight excluding hydrogens is 348 g/mol. The number of para-hydroxylation sites is 1. The highest BCUT2D eigenvalue weighted by Crippen LogP contribution is 2.29. The number of carbonyl (C=O) groups is 2. The van der Waals surface area contributed by atoms with E-state index in [1.54, 1.807) is 0 Å². The van der Waals surface area contributed by atoms with Crippen molar-refractivity contribution in [1.29, 1.82) is 0 Å². The van der Waals surface area contributed by atoms with Crippen LogP contribution in [-0.2, 0) is 4.79 Å². The van der Waals surface area contributed by atoms with E-state index in [0.29, 0.717) is 5.69 Å². The normalized spacial score (nSPS) is 10.7. The average molecular weight is 360 g/mol. The number of benzene rings is 2. The van der Waals surface area contributed by atoms with Crippen molar-refractivity contribution in [3.05, 3.63) is 48.0 Å². The zero-order chi connectivity index (χ0) is 17.1. The molecule has 0 spiro atoms. The first-order valence-electron chi connectivity index (χ1n) is 6.87. The monoisotopic (exact) mass is 360 g/mol. The van der Waals surface area contributed by atoms with E-state index in [9.17, 15) is 14.7 Å². The molecular formula is C16H12N2O4S2. The summed E-state index contributed by atoms with van der Waals surface area (Å²) < 4.78 is 1.85.